The smallest absolute Gasteiger partial charge is 0.137 e. The molecule has 2 rings (SSSR count). The van der Waals surface area contributed by atoms with Crippen LogP contribution in [0.2, 0.25) is 0 Å². The highest BCUT2D eigenvalue weighted by atomic mass is 79.9. The predicted octanol–water partition coefficient (Wildman–Crippen LogP) is 3.26. The molecule has 1 aromatic rings. The molecule has 0 aromatic heterocycles. The van der Waals surface area contributed by atoms with Gasteiger partial charge in [0.2, 0.25) is 0 Å². The first-order valence-electron chi connectivity index (χ1n) is 5.36. The lowest BCUT2D eigenvalue weighted by Gasteiger charge is -2.09. The lowest BCUT2D eigenvalue weighted by molar-refractivity contribution is 0.549. The van der Waals surface area contributed by atoms with Gasteiger partial charge in [0.1, 0.15) is 5.82 Å². The van der Waals surface area contributed by atoms with Crippen molar-refractivity contribution in [2.24, 2.45) is 11.7 Å². The van der Waals surface area contributed by atoms with Gasteiger partial charge in [-0.05, 0) is 65.2 Å². The quantitative estimate of drug-likeness (QED) is 0.894. The highest BCUT2D eigenvalue weighted by Gasteiger charge is 2.27. The summed E-state index contributed by atoms with van der Waals surface area (Å²) in [7, 11) is 0. The molecule has 1 nitrogen and oxygen atoms in total. The Kier molecular flexibility index (Phi) is 3.42. The monoisotopic (exact) mass is 271 g/mol. The summed E-state index contributed by atoms with van der Waals surface area (Å²) in [5.41, 5.74) is 7.16. The van der Waals surface area contributed by atoms with Gasteiger partial charge in [0.15, 0.2) is 0 Å². The van der Waals surface area contributed by atoms with Crippen LogP contribution in [0.25, 0.3) is 0 Å². The molecule has 0 bridgehead atoms. The van der Waals surface area contributed by atoms with Crippen molar-refractivity contribution in [3.63, 3.8) is 0 Å². The second-order valence-electron chi connectivity index (χ2n) is 4.29. The van der Waals surface area contributed by atoms with Crippen molar-refractivity contribution in [3.05, 3.63) is 34.1 Å². The van der Waals surface area contributed by atoms with Crippen molar-refractivity contribution in [2.75, 3.05) is 0 Å². The van der Waals surface area contributed by atoms with Crippen molar-refractivity contribution >= 4 is 15.9 Å². The van der Waals surface area contributed by atoms with Crippen LogP contribution in [0, 0.1) is 11.7 Å². The van der Waals surface area contributed by atoms with E-state index in [1.807, 2.05) is 12.1 Å². The Morgan fingerprint density at radius 2 is 2.20 bits per heavy atom. The molecule has 0 aliphatic heterocycles. The third kappa shape index (κ3) is 3.02. The van der Waals surface area contributed by atoms with E-state index in [0.29, 0.717) is 10.5 Å². The molecule has 82 valence electrons. The average Bonchev–Trinajstić information content (AvgIpc) is 3.03. The largest absolute Gasteiger partial charge is 0.327 e. The molecule has 1 aromatic carbocycles. The van der Waals surface area contributed by atoms with Gasteiger partial charge in [-0.1, -0.05) is 6.07 Å². The van der Waals surface area contributed by atoms with E-state index in [-0.39, 0.29) is 5.82 Å². The van der Waals surface area contributed by atoms with Gasteiger partial charge in [0.05, 0.1) is 4.47 Å². The second-order valence-corrected chi connectivity index (χ2v) is 5.14. The van der Waals surface area contributed by atoms with Crippen LogP contribution in [0.1, 0.15) is 24.8 Å². The SMILES string of the molecule is NC(CCc1ccc(F)c(Br)c1)C1CC1. The summed E-state index contributed by atoms with van der Waals surface area (Å²) in [6, 6.07) is 5.50. The molecule has 0 radical (unpaired) electrons. The summed E-state index contributed by atoms with van der Waals surface area (Å²) >= 11 is 3.19. The highest BCUT2D eigenvalue weighted by molar-refractivity contribution is 9.10. The Morgan fingerprint density at radius 1 is 1.47 bits per heavy atom. The molecule has 0 spiro atoms. The number of hydrogen-bond acceptors (Lipinski definition) is 1. The minimum absolute atomic E-state index is 0.203. The Bertz CT molecular complexity index is 349. The molecule has 1 saturated carbocycles. The zero-order chi connectivity index (χ0) is 10.8. The van der Waals surface area contributed by atoms with Gasteiger partial charge >= 0.3 is 0 Å². The van der Waals surface area contributed by atoms with Gasteiger partial charge in [-0.2, -0.15) is 0 Å². The Morgan fingerprint density at radius 3 is 2.80 bits per heavy atom. The number of nitrogens with two attached hydrogens (primary N) is 1. The third-order valence-electron chi connectivity index (χ3n) is 2.98. The normalized spacial score (nSPS) is 17.8. The van der Waals surface area contributed by atoms with Crippen molar-refractivity contribution in [1.29, 1.82) is 0 Å². The fourth-order valence-corrected chi connectivity index (χ4v) is 2.21. The molecular formula is C12H15BrFN. The number of rotatable bonds is 4. The fraction of sp³-hybridized carbons (Fsp3) is 0.500. The molecule has 0 heterocycles. The van der Waals surface area contributed by atoms with Crippen LogP contribution >= 0.6 is 15.9 Å². The van der Waals surface area contributed by atoms with Gasteiger partial charge in [0.25, 0.3) is 0 Å². The van der Waals surface area contributed by atoms with Crippen LogP contribution in [0.5, 0.6) is 0 Å². The maximum Gasteiger partial charge on any atom is 0.137 e. The van der Waals surface area contributed by atoms with Gasteiger partial charge in [0, 0.05) is 6.04 Å². The molecule has 0 amide bonds. The van der Waals surface area contributed by atoms with E-state index in [1.165, 1.54) is 18.9 Å². The number of benzene rings is 1. The zero-order valence-electron chi connectivity index (χ0n) is 8.55. The van der Waals surface area contributed by atoms with E-state index in [9.17, 15) is 4.39 Å². The van der Waals surface area contributed by atoms with Crippen molar-refractivity contribution in [1.82, 2.24) is 0 Å². The lowest BCUT2D eigenvalue weighted by atomic mass is 10.0. The highest BCUT2D eigenvalue weighted by Crippen LogP contribution is 2.33. The van der Waals surface area contributed by atoms with Gasteiger partial charge in [-0.15, -0.1) is 0 Å². The summed E-state index contributed by atoms with van der Waals surface area (Å²) in [6.07, 6.45) is 4.52. The van der Waals surface area contributed by atoms with Crippen LogP contribution in [0.15, 0.2) is 22.7 Å². The standard InChI is InChI=1S/C12H15BrFN/c13-10-7-8(1-5-11(10)14)2-6-12(15)9-3-4-9/h1,5,7,9,12H,2-4,6,15H2. The van der Waals surface area contributed by atoms with Crippen LogP contribution in [0.3, 0.4) is 0 Å². The molecule has 1 fully saturated rings. The summed E-state index contributed by atoms with van der Waals surface area (Å²) in [5, 5.41) is 0. The van der Waals surface area contributed by atoms with Crippen molar-refractivity contribution in [2.45, 2.75) is 31.7 Å². The molecule has 15 heavy (non-hydrogen) atoms. The Balaban J connectivity index is 1.89. The molecule has 1 unspecified atom stereocenters. The van der Waals surface area contributed by atoms with E-state index in [0.717, 1.165) is 24.3 Å². The molecular weight excluding hydrogens is 257 g/mol. The summed E-state index contributed by atoms with van der Waals surface area (Å²) in [4.78, 5) is 0. The minimum atomic E-state index is -0.203. The Labute approximate surface area is 98.0 Å². The first-order valence-corrected chi connectivity index (χ1v) is 6.15. The van der Waals surface area contributed by atoms with Crippen LogP contribution in [0.4, 0.5) is 4.39 Å². The second kappa shape index (κ2) is 4.62. The van der Waals surface area contributed by atoms with Crippen LogP contribution < -0.4 is 5.73 Å². The van der Waals surface area contributed by atoms with E-state index < -0.39 is 0 Å². The number of hydrogen-bond donors (Lipinski definition) is 1. The molecule has 2 N–H and O–H groups in total. The van der Waals surface area contributed by atoms with E-state index in [2.05, 4.69) is 15.9 Å². The topological polar surface area (TPSA) is 26.0 Å². The molecule has 3 heteroatoms. The molecule has 1 atom stereocenters. The zero-order valence-corrected chi connectivity index (χ0v) is 10.1. The summed E-state index contributed by atoms with van der Waals surface area (Å²) in [5.74, 6) is 0.541. The van der Waals surface area contributed by atoms with E-state index in [4.69, 9.17) is 5.73 Å². The molecule has 1 aliphatic carbocycles. The maximum absolute atomic E-state index is 13.0. The van der Waals surface area contributed by atoms with E-state index in [1.54, 1.807) is 0 Å². The van der Waals surface area contributed by atoms with E-state index >= 15 is 0 Å². The maximum atomic E-state index is 13.0. The molecule has 1 aliphatic rings. The first kappa shape index (κ1) is 11.1. The predicted molar refractivity (Wildman–Crippen MR) is 63.1 cm³/mol. The number of aryl methyl sites for hydroxylation is 1. The lowest BCUT2D eigenvalue weighted by Crippen LogP contribution is -2.22. The molecule has 0 saturated heterocycles. The first-order chi connectivity index (χ1) is 7.16. The van der Waals surface area contributed by atoms with Gasteiger partial charge < -0.3 is 5.73 Å². The van der Waals surface area contributed by atoms with Crippen molar-refractivity contribution in [3.8, 4) is 0 Å². The minimum Gasteiger partial charge on any atom is -0.327 e. The third-order valence-corrected chi connectivity index (χ3v) is 3.59. The van der Waals surface area contributed by atoms with Crippen molar-refractivity contribution < 1.29 is 4.39 Å². The Hall–Kier alpha value is -0.410. The number of halogens is 2. The van der Waals surface area contributed by atoms with Gasteiger partial charge in [-0.3, -0.25) is 0 Å². The fourth-order valence-electron chi connectivity index (χ4n) is 1.79. The average molecular weight is 272 g/mol. The van der Waals surface area contributed by atoms with Crippen LogP contribution in [-0.2, 0) is 6.42 Å². The van der Waals surface area contributed by atoms with Gasteiger partial charge in [-0.25, -0.2) is 4.39 Å². The summed E-state index contributed by atoms with van der Waals surface area (Å²) < 4.78 is 13.5. The van der Waals surface area contributed by atoms with Crippen LogP contribution in [-0.4, -0.2) is 6.04 Å². The summed E-state index contributed by atoms with van der Waals surface area (Å²) in [6.45, 7) is 0.